The zero-order valence-electron chi connectivity index (χ0n) is 62.2. The van der Waals surface area contributed by atoms with Crippen molar-refractivity contribution in [2.75, 3.05) is 119 Å². The molecule has 95 heavy (non-hydrogen) atoms. The van der Waals surface area contributed by atoms with Gasteiger partial charge in [-0.1, -0.05) is 127 Å². The minimum Gasteiger partial charge on any atom is -0.481 e. The first kappa shape index (κ1) is 89.9. The molecule has 0 bridgehead atoms. The van der Waals surface area contributed by atoms with Gasteiger partial charge >= 0.3 is 29.6 Å². The molecule has 2 aliphatic carbocycles. The molecule has 4 unspecified atom stereocenters. The third-order valence-corrected chi connectivity index (χ3v) is 24.4. The van der Waals surface area contributed by atoms with Crippen molar-refractivity contribution < 1.29 is 55.6 Å². The van der Waals surface area contributed by atoms with Crippen LogP contribution in [0.1, 0.15) is 261 Å². The lowest BCUT2D eigenvalue weighted by Crippen LogP contribution is -2.47. The molecule has 0 fully saturated rings. The Kier molecular flexibility index (Phi) is 56.5. The number of amides is 4. The first-order valence-corrected chi connectivity index (χ1v) is 42.2. The number of carbonyl (C=O) groups is 5. The van der Waals surface area contributed by atoms with E-state index in [0.717, 1.165) is 154 Å². The van der Waals surface area contributed by atoms with Crippen LogP contribution in [0.2, 0.25) is 12.1 Å². The van der Waals surface area contributed by atoms with Gasteiger partial charge in [0.25, 0.3) is 0 Å². The lowest BCUT2D eigenvalue weighted by atomic mass is 9.77. The minimum absolute atomic E-state index is 0.132. The van der Waals surface area contributed by atoms with Crippen LogP contribution in [-0.4, -0.2) is 181 Å². The molecule has 2 aliphatic rings. The van der Waals surface area contributed by atoms with Gasteiger partial charge in [0, 0.05) is 136 Å². The minimum atomic E-state index is -2.70. The quantitative estimate of drug-likeness (QED) is 0.0129. The topological polar surface area (TPSA) is 254 Å². The summed E-state index contributed by atoms with van der Waals surface area (Å²) in [6.45, 7) is 28.8. The number of Topliss-reactive ketones (excluding diaryl/α,β-unsaturated/α-hetero) is 1. The number of ketones is 1. The molecule has 8 N–H and O–H groups in total. The number of hydrogen-bond donors (Lipinski definition) is 7. The van der Waals surface area contributed by atoms with Gasteiger partial charge in [-0.25, -0.2) is 4.79 Å². The van der Waals surface area contributed by atoms with Crippen LogP contribution in [0.15, 0.2) is 23.3 Å². The van der Waals surface area contributed by atoms with Crippen LogP contribution in [0, 0.1) is 23.7 Å². The number of rotatable bonds is 62. The van der Waals surface area contributed by atoms with Crippen LogP contribution in [0.3, 0.4) is 0 Å². The smallest absolute Gasteiger partial charge is 0.481 e. The van der Waals surface area contributed by atoms with Gasteiger partial charge < -0.3 is 68.9 Å². The Morgan fingerprint density at radius 1 is 0.516 bits per heavy atom. The fraction of sp³-hybridized carbons (Fsp3) is 0.877. The van der Waals surface area contributed by atoms with Gasteiger partial charge in [0.15, 0.2) is 0 Å². The molecular formula is C73H144N8O12Si2. The van der Waals surface area contributed by atoms with Crippen molar-refractivity contribution in [2.45, 2.75) is 273 Å². The molecule has 0 aromatic rings. The number of nitrogens with two attached hydrogens (primary N) is 1. The number of likely N-dealkylation sites (N-methyl/N-ethyl adjacent to an activating group) is 1. The summed E-state index contributed by atoms with van der Waals surface area (Å²) in [6.07, 6.45) is 37.1. The van der Waals surface area contributed by atoms with Crippen LogP contribution in [0.5, 0.6) is 0 Å². The standard InChI is InChI=1S/C37H72N4O6Si.C36H72N4O6Si/c1-6-10-11-15-20-33-29-34(31-35(30-33)32(5)42)21-16-13-12-14-17-22-36(43)41(27-23-38)26-18-24-39-37(44)40-25-19-28-48(45-7-2,46-8-3)47-9-4;1-6-10-11-15-19-32-28-33(30-34(29-32)36(42)43)20-16-13-12-14-17-21-35(41)39-24-26-40(25-23-37-5)31-38-22-18-27-47(44-7-2,45-8-3)46-9-4/h29,33,35H,6-28,30-31,38H2,1-5H3,(H2,39,40,44);28,32,34,37-38H,6-27,29-31H2,1-5H3,(H,39,41)(H,42,43). The van der Waals surface area contributed by atoms with Crippen LogP contribution in [0.4, 0.5) is 4.79 Å². The number of nitrogens with one attached hydrogen (secondary N) is 5. The largest absolute Gasteiger partial charge is 0.500 e. The molecule has 0 aromatic carbocycles. The summed E-state index contributed by atoms with van der Waals surface area (Å²) < 4.78 is 35.5. The highest BCUT2D eigenvalue weighted by atomic mass is 28.4. The van der Waals surface area contributed by atoms with Crippen LogP contribution in [0.25, 0.3) is 0 Å². The number of carbonyl (C=O) groups excluding carboxylic acids is 4. The van der Waals surface area contributed by atoms with Crippen molar-refractivity contribution in [3.8, 4) is 0 Å². The van der Waals surface area contributed by atoms with Crippen molar-refractivity contribution in [3.63, 3.8) is 0 Å². The van der Waals surface area contributed by atoms with Crippen LogP contribution >= 0.6 is 0 Å². The molecule has 0 radical (unpaired) electrons. The zero-order valence-corrected chi connectivity index (χ0v) is 64.2. The molecule has 0 heterocycles. The van der Waals surface area contributed by atoms with E-state index in [9.17, 15) is 29.1 Å². The highest BCUT2D eigenvalue weighted by molar-refractivity contribution is 6.61. The number of hydrogen-bond acceptors (Lipinski definition) is 15. The number of carboxylic acid groups (broad SMARTS) is 1. The van der Waals surface area contributed by atoms with Gasteiger partial charge in [-0.2, -0.15) is 0 Å². The second-order valence-corrected chi connectivity index (χ2v) is 31.7. The van der Waals surface area contributed by atoms with E-state index in [1.165, 1.54) is 68.9 Å². The number of allylic oxidation sites excluding steroid dienone is 4. The first-order chi connectivity index (χ1) is 46.1. The summed E-state index contributed by atoms with van der Waals surface area (Å²) in [5.41, 5.74) is 8.64. The number of carboxylic acids is 1. The van der Waals surface area contributed by atoms with E-state index in [2.05, 4.69) is 57.5 Å². The summed E-state index contributed by atoms with van der Waals surface area (Å²) in [5.74, 6) is 0.994. The third kappa shape index (κ3) is 45.3. The fourth-order valence-electron chi connectivity index (χ4n) is 13.1. The predicted molar refractivity (Wildman–Crippen MR) is 392 cm³/mol. The molecule has 0 saturated heterocycles. The van der Waals surface area contributed by atoms with E-state index in [4.69, 9.17) is 32.3 Å². The van der Waals surface area contributed by atoms with Crippen molar-refractivity contribution in [2.24, 2.45) is 29.4 Å². The fourth-order valence-corrected chi connectivity index (χ4v) is 18.3. The van der Waals surface area contributed by atoms with E-state index >= 15 is 0 Å². The molecule has 20 nitrogen and oxygen atoms in total. The number of urea groups is 1. The second kappa shape index (κ2) is 59.7. The Hall–Kier alpha value is -3.14. The van der Waals surface area contributed by atoms with Crippen LogP contribution < -0.4 is 32.3 Å². The van der Waals surface area contributed by atoms with E-state index in [0.29, 0.717) is 128 Å². The van der Waals surface area contributed by atoms with Crippen molar-refractivity contribution >= 4 is 47.2 Å². The Bertz CT molecular complexity index is 1980. The average Bonchev–Trinajstić information content (AvgIpc) is 0.969. The normalized spacial score (nSPS) is 16.6. The van der Waals surface area contributed by atoms with Crippen molar-refractivity contribution in [1.82, 2.24) is 36.4 Å². The van der Waals surface area contributed by atoms with E-state index in [-0.39, 0.29) is 29.7 Å². The highest BCUT2D eigenvalue weighted by Gasteiger charge is 2.41. The number of nitrogens with zero attached hydrogens (tertiary/aromatic N) is 2. The summed E-state index contributed by atoms with van der Waals surface area (Å²) in [5, 5.41) is 25.3. The summed E-state index contributed by atoms with van der Waals surface area (Å²) in [7, 11) is -3.34. The number of unbranched alkanes of at least 4 members (excludes halogenated alkanes) is 14. The zero-order chi connectivity index (χ0) is 70.1. The lowest BCUT2D eigenvalue weighted by Gasteiger charge is -2.28. The van der Waals surface area contributed by atoms with E-state index in [1.807, 2.05) is 53.5 Å². The molecule has 556 valence electrons. The lowest BCUT2D eigenvalue weighted by molar-refractivity contribution is -0.142. The van der Waals surface area contributed by atoms with Crippen molar-refractivity contribution in [3.05, 3.63) is 23.3 Å². The van der Waals surface area contributed by atoms with Gasteiger partial charge in [-0.15, -0.1) is 0 Å². The Balaban J connectivity index is 0.000000950. The molecule has 22 heteroatoms. The summed E-state index contributed by atoms with van der Waals surface area (Å²) in [4.78, 5) is 65.7. The van der Waals surface area contributed by atoms with Gasteiger partial charge in [-0.05, 0) is 170 Å². The van der Waals surface area contributed by atoms with Gasteiger partial charge in [0.05, 0.1) is 5.92 Å². The monoisotopic (exact) mass is 1380 g/mol. The maximum absolute atomic E-state index is 12.9. The van der Waals surface area contributed by atoms with Crippen LogP contribution in [-0.2, 0) is 45.7 Å². The molecule has 0 saturated carbocycles. The van der Waals surface area contributed by atoms with Gasteiger partial charge in [0.1, 0.15) is 5.78 Å². The maximum Gasteiger partial charge on any atom is 0.500 e. The Morgan fingerprint density at radius 2 is 0.968 bits per heavy atom. The third-order valence-electron chi connectivity index (χ3n) is 18.1. The first-order valence-electron chi connectivity index (χ1n) is 38.4. The van der Waals surface area contributed by atoms with E-state index < -0.39 is 23.6 Å². The van der Waals surface area contributed by atoms with E-state index in [1.54, 1.807) is 6.92 Å². The molecule has 4 amide bonds. The molecule has 0 aliphatic heterocycles. The molecule has 2 rings (SSSR count). The highest BCUT2D eigenvalue weighted by Crippen LogP contribution is 2.36. The Labute approximate surface area is 581 Å². The summed E-state index contributed by atoms with van der Waals surface area (Å²) in [6, 6.07) is 1.23. The molecule has 4 atom stereocenters. The molecule has 0 aromatic heterocycles. The molecular weight excluding hydrogens is 1240 g/mol. The summed E-state index contributed by atoms with van der Waals surface area (Å²) >= 11 is 0. The predicted octanol–water partition coefficient (Wildman–Crippen LogP) is 13.5. The maximum atomic E-state index is 12.9. The van der Waals surface area contributed by atoms with Gasteiger partial charge in [-0.3, -0.25) is 24.1 Å². The second-order valence-electron chi connectivity index (χ2n) is 26.2. The van der Waals surface area contributed by atoms with Gasteiger partial charge in [0.2, 0.25) is 11.8 Å². The number of aliphatic carboxylic acids is 1. The average molecular weight is 1380 g/mol. The molecule has 0 spiro atoms. The van der Waals surface area contributed by atoms with Crippen molar-refractivity contribution in [1.29, 1.82) is 0 Å². The Morgan fingerprint density at radius 3 is 1.45 bits per heavy atom. The SMILES string of the molecule is CCCCCCC1C=C(CCCCCCCC(=O)N(CCN)CCCNC(=O)NCCC[Si](OCC)(OCC)OCC)CC(C(C)=O)C1.CCCCCCC1C=C(CCCCCCCC(=O)NCCN(CCNC)CNCCC[Si](OCC)(OCC)OCC)CC(C(=O)O)C1.